The second-order valence-electron chi connectivity index (χ2n) is 8.51. The number of carbonyl (C=O) groups excluding carboxylic acids is 3. The molecule has 174 valence electrons. The zero-order valence-corrected chi connectivity index (χ0v) is 18.8. The number of rotatable bonds is 6. The van der Waals surface area contributed by atoms with E-state index in [-0.39, 0.29) is 31.4 Å². The number of nitrogens with zero attached hydrogens (tertiary/aromatic N) is 2. The van der Waals surface area contributed by atoms with Gasteiger partial charge in [-0.15, -0.1) is 0 Å². The van der Waals surface area contributed by atoms with Gasteiger partial charge in [-0.25, -0.2) is 0 Å². The maximum Gasteiger partial charge on any atom is 0.264 e. The molecule has 4 rings (SSSR count). The predicted octanol–water partition coefficient (Wildman–Crippen LogP) is 1.56. The summed E-state index contributed by atoms with van der Waals surface area (Å²) in [6, 6.07) is 14.9. The number of benzene rings is 2. The first-order chi connectivity index (χ1) is 16.0. The van der Waals surface area contributed by atoms with Gasteiger partial charge in [-0.05, 0) is 43.0 Å². The largest absolute Gasteiger partial charge is 0.368 e. The first-order valence-electron chi connectivity index (χ1n) is 11.3. The van der Waals surface area contributed by atoms with Crippen LogP contribution in [0.5, 0.6) is 0 Å². The zero-order valence-electron chi connectivity index (χ0n) is 18.8. The van der Waals surface area contributed by atoms with Crippen molar-refractivity contribution in [2.24, 2.45) is 5.73 Å². The molecule has 2 atom stereocenters. The van der Waals surface area contributed by atoms with Crippen molar-refractivity contribution >= 4 is 17.7 Å². The lowest BCUT2D eigenvalue weighted by molar-refractivity contribution is -0.148. The van der Waals surface area contributed by atoms with E-state index in [1.165, 1.54) is 9.80 Å². The summed E-state index contributed by atoms with van der Waals surface area (Å²) in [6.45, 7) is 3.74. The van der Waals surface area contributed by atoms with Crippen LogP contribution in [0.15, 0.2) is 48.5 Å². The Balaban J connectivity index is 1.55. The molecule has 2 aliphatic rings. The maximum atomic E-state index is 13.3. The first-order valence-corrected chi connectivity index (χ1v) is 11.3. The number of amides is 3. The number of ether oxygens (including phenoxy) is 1. The molecule has 2 aromatic rings. The van der Waals surface area contributed by atoms with Gasteiger partial charge < -0.3 is 25.6 Å². The van der Waals surface area contributed by atoms with Crippen molar-refractivity contribution in [2.45, 2.75) is 45.1 Å². The minimum absolute atomic E-state index is 0.239. The van der Waals surface area contributed by atoms with Gasteiger partial charge in [-0.2, -0.15) is 0 Å². The summed E-state index contributed by atoms with van der Waals surface area (Å²) < 4.78 is 5.57. The summed E-state index contributed by atoms with van der Waals surface area (Å²) in [5.41, 5.74) is 9.11. The highest BCUT2D eigenvalue weighted by Crippen LogP contribution is 2.23. The molecule has 33 heavy (non-hydrogen) atoms. The van der Waals surface area contributed by atoms with Gasteiger partial charge in [0.2, 0.25) is 0 Å². The van der Waals surface area contributed by atoms with E-state index in [2.05, 4.69) is 5.32 Å². The van der Waals surface area contributed by atoms with Gasteiger partial charge in [-0.1, -0.05) is 42.0 Å². The van der Waals surface area contributed by atoms with Crippen LogP contribution in [0.25, 0.3) is 0 Å². The molecule has 0 bridgehead atoms. The van der Waals surface area contributed by atoms with Crippen molar-refractivity contribution in [1.82, 2.24) is 15.1 Å². The Hall–Kier alpha value is -3.23. The van der Waals surface area contributed by atoms with Crippen LogP contribution in [-0.2, 0) is 27.4 Å². The van der Waals surface area contributed by atoms with Gasteiger partial charge in [0.25, 0.3) is 17.7 Å². The van der Waals surface area contributed by atoms with E-state index in [1.54, 1.807) is 12.1 Å². The summed E-state index contributed by atoms with van der Waals surface area (Å²) >= 11 is 0. The Kier molecular flexibility index (Phi) is 7.05. The molecule has 3 N–H and O–H groups in total. The van der Waals surface area contributed by atoms with Gasteiger partial charge in [0.05, 0.1) is 0 Å². The molecule has 2 saturated heterocycles. The summed E-state index contributed by atoms with van der Waals surface area (Å²) in [5.74, 6) is -0.905. The van der Waals surface area contributed by atoms with Crippen molar-refractivity contribution in [3.05, 3.63) is 70.8 Å². The Morgan fingerprint density at radius 1 is 1.06 bits per heavy atom. The summed E-state index contributed by atoms with van der Waals surface area (Å²) in [5, 5.41) is 2.90. The van der Waals surface area contributed by atoms with Crippen LogP contribution in [0, 0.1) is 6.92 Å². The zero-order chi connectivity index (χ0) is 23.4. The van der Waals surface area contributed by atoms with Gasteiger partial charge in [-0.3, -0.25) is 14.4 Å². The van der Waals surface area contributed by atoms with Gasteiger partial charge in [0.15, 0.2) is 6.17 Å². The van der Waals surface area contributed by atoms with E-state index in [9.17, 15) is 14.4 Å². The molecular weight excluding hydrogens is 420 g/mol. The molecule has 8 heteroatoms. The van der Waals surface area contributed by atoms with Crippen LogP contribution in [0.3, 0.4) is 0 Å². The smallest absolute Gasteiger partial charge is 0.264 e. The van der Waals surface area contributed by atoms with E-state index in [1.807, 2.05) is 43.3 Å². The normalized spacial score (nSPS) is 20.2. The SMILES string of the molecule is Cc1ccc(C(=O)N2CCN(C(=O)C3CCCO3)C2C(=O)NCc2cccc(CN)c2)cc1. The third kappa shape index (κ3) is 5.07. The average molecular weight is 451 g/mol. The highest BCUT2D eigenvalue weighted by molar-refractivity contribution is 5.99. The van der Waals surface area contributed by atoms with Gasteiger partial charge in [0, 0.05) is 38.3 Å². The molecule has 8 nitrogen and oxygen atoms in total. The van der Waals surface area contributed by atoms with Crippen molar-refractivity contribution < 1.29 is 19.1 Å². The third-order valence-electron chi connectivity index (χ3n) is 6.15. The van der Waals surface area contributed by atoms with Crippen molar-refractivity contribution in [2.75, 3.05) is 19.7 Å². The third-order valence-corrected chi connectivity index (χ3v) is 6.15. The number of nitrogens with one attached hydrogen (secondary N) is 1. The van der Waals surface area contributed by atoms with Crippen LogP contribution < -0.4 is 11.1 Å². The molecule has 0 saturated carbocycles. The quantitative estimate of drug-likeness (QED) is 0.695. The molecule has 2 aromatic carbocycles. The van der Waals surface area contributed by atoms with E-state index in [4.69, 9.17) is 10.5 Å². The van der Waals surface area contributed by atoms with Crippen LogP contribution >= 0.6 is 0 Å². The molecular formula is C25H30N4O4. The second-order valence-corrected chi connectivity index (χ2v) is 8.51. The van der Waals surface area contributed by atoms with Crippen molar-refractivity contribution in [3.63, 3.8) is 0 Å². The second kappa shape index (κ2) is 10.1. The molecule has 0 aromatic heterocycles. The van der Waals surface area contributed by atoms with Crippen molar-refractivity contribution in [1.29, 1.82) is 0 Å². The summed E-state index contributed by atoms with van der Waals surface area (Å²) in [6.07, 6.45) is -0.143. The Morgan fingerprint density at radius 3 is 2.48 bits per heavy atom. The Morgan fingerprint density at radius 2 is 1.79 bits per heavy atom. The van der Waals surface area contributed by atoms with E-state index >= 15 is 0 Å². The molecule has 2 heterocycles. The maximum absolute atomic E-state index is 13.3. The minimum atomic E-state index is -1.02. The highest BCUT2D eigenvalue weighted by atomic mass is 16.5. The van der Waals surface area contributed by atoms with Crippen LogP contribution in [0.4, 0.5) is 0 Å². The van der Waals surface area contributed by atoms with E-state index in [0.717, 1.165) is 23.1 Å². The molecule has 2 unspecified atom stereocenters. The molecule has 2 fully saturated rings. The highest BCUT2D eigenvalue weighted by Gasteiger charge is 2.45. The molecule has 2 aliphatic heterocycles. The minimum Gasteiger partial charge on any atom is -0.368 e. The predicted molar refractivity (Wildman–Crippen MR) is 123 cm³/mol. The lowest BCUT2D eigenvalue weighted by Gasteiger charge is -2.30. The van der Waals surface area contributed by atoms with Crippen molar-refractivity contribution in [3.8, 4) is 0 Å². The van der Waals surface area contributed by atoms with E-state index in [0.29, 0.717) is 25.1 Å². The first kappa shape index (κ1) is 22.9. The topological polar surface area (TPSA) is 105 Å². The van der Waals surface area contributed by atoms with Gasteiger partial charge >= 0.3 is 0 Å². The number of hydrogen-bond donors (Lipinski definition) is 2. The number of carbonyl (C=O) groups is 3. The summed E-state index contributed by atoms with van der Waals surface area (Å²) in [4.78, 5) is 42.7. The molecule has 0 spiro atoms. The number of nitrogens with two attached hydrogens (primary N) is 1. The average Bonchev–Trinajstić information content (AvgIpc) is 3.53. The lowest BCUT2D eigenvalue weighted by atomic mass is 10.1. The van der Waals surface area contributed by atoms with E-state index < -0.39 is 18.2 Å². The van der Waals surface area contributed by atoms with Crippen LogP contribution in [0.2, 0.25) is 0 Å². The Labute approximate surface area is 193 Å². The molecule has 3 amide bonds. The lowest BCUT2D eigenvalue weighted by Crippen LogP contribution is -2.55. The Bertz CT molecular complexity index is 1020. The fourth-order valence-corrected chi connectivity index (χ4v) is 4.32. The van der Waals surface area contributed by atoms with Gasteiger partial charge in [0.1, 0.15) is 6.10 Å². The fourth-order valence-electron chi connectivity index (χ4n) is 4.32. The monoisotopic (exact) mass is 450 g/mol. The van der Waals surface area contributed by atoms with Crippen LogP contribution in [-0.4, -0.2) is 59.5 Å². The molecule has 0 radical (unpaired) electrons. The number of aryl methyl sites for hydroxylation is 1. The molecule has 0 aliphatic carbocycles. The van der Waals surface area contributed by atoms with Crippen LogP contribution in [0.1, 0.15) is 39.9 Å². The standard InChI is InChI=1S/C25H30N4O4/c1-17-7-9-20(10-8-17)24(31)28-11-12-29(25(32)21-6-3-13-33-21)23(28)22(30)27-16-19-5-2-4-18(14-19)15-26/h2,4-5,7-10,14,21,23H,3,6,11-13,15-16,26H2,1H3,(H,27,30). The summed E-state index contributed by atoms with van der Waals surface area (Å²) in [7, 11) is 0. The fraction of sp³-hybridized carbons (Fsp3) is 0.400. The number of hydrogen-bond acceptors (Lipinski definition) is 5.